The number of aromatic amines is 1. The van der Waals surface area contributed by atoms with Gasteiger partial charge in [0, 0.05) is 18.0 Å². The number of carbonyl (C=O) groups is 1. The predicted molar refractivity (Wildman–Crippen MR) is 68.2 cm³/mol. The second-order valence-electron chi connectivity index (χ2n) is 4.27. The van der Waals surface area contributed by atoms with Crippen LogP contribution >= 0.6 is 0 Å². The van der Waals surface area contributed by atoms with E-state index in [0.717, 1.165) is 31.2 Å². The summed E-state index contributed by atoms with van der Waals surface area (Å²) in [6.45, 7) is 4.63. The van der Waals surface area contributed by atoms with Gasteiger partial charge in [-0.3, -0.25) is 9.89 Å². The molecular formula is C12H22N4O. The molecule has 1 unspecified atom stereocenters. The van der Waals surface area contributed by atoms with Crippen molar-refractivity contribution in [2.24, 2.45) is 5.92 Å². The van der Waals surface area contributed by atoms with Crippen LogP contribution in [0, 0.1) is 5.92 Å². The normalized spacial score (nSPS) is 12.4. The molecule has 0 aromatic carbocycles. The molecule has 5 heteroatoms. The number of nitrogens with zero attached hydrogens (tertiary/aromatic N) is 1. The zero-order chi connectivity index (χ0) is 12.7. The summed E-state index contributed by atoms with van der Waals surface area (Å²) in [5.41, 5.74) is 6.48. The van der Waals surface area contributed by atoms with Crippen LogP contribution in [0.1, 0.15) is 45.1 Å². The lowest BCUT2D eigenvalue weighted by atomic mass is 9.98. The van der Waals surface area contributed by atoms with Gasteiger partial charge in [0.15, 0.2) is 0 Å². The SMILES string of the molecule is CCCCC(CC)C(=O)NCc1cn[nH]c1N. The van der Waals surface area contributed by atoms with Gasteiger partial charge in [0.25, 0.3) is 0 Å². The van der Waals surface area contributed by atoms with Gasteiger partial charge in [0.2, 0.25) is 5.91 Å². The molecule has 0 fully saturated rings. The molecule has 0 saturated heterocycles. The van der Waals surface area contributed by atoms with E-state index in [0.29, 0.717) is 12.4 Å². The van der Waals surface area contributed by atoms with Crippen LogP contribution in [0.2, 0.25) is 0 Å². The number of unbranched alkanes of at least 4 members (excludes halogenated alkanes) is 1. The minimum absolute atomic E-state index is 0.113. The van der Waals surface area contributed by atoms with Gasteiger partial charge >= 0.3 is 0 Å². The molecule has 17 heavy (non-hydrogen) atoms. The molecule has 5 nitrogen and oxygen atoms in total. The van der Waals surface area contributed by atoms with Crippen LogP contribution in [0.15, 0.2) is 6.20 Å². The zero-order valence-electron chi connectivity index (χ0n) is 10.6. The third-order valence-corrected chi connectivity index (χ3v) is 2.97. The molecule has 0 spiro atoms. The van der Waals surface area contributed by atoms with Crippen LogP contribution in [0.5, 0.6) is 0 Å². The molecule has 4 N–H and O–H groups in total. The Kier molecular flexibility index (Phi) is 5.52. The summed E-state index contributed by atoms with van der Waals surface area (Å²) in [6, 6.07) is 0. The minimum atomic E-state index is 0.113. The highest BCUT2D eigenvalue weighted by atomic mass is 16.1. The first-order valence-electron chi connectivity index (χ1n) is 6.24. The van der Waals surface area contributed by atoms with Crippen molar-refractivity contribution in [1.82, 2.24) is 15.5 Å². The highest BCUT2D eigenvalue weighted by molar-refractivity contribution is 5.78. The van der Waals surface area contributed by atoms with E-state index in [9.17, 15) is 4.79 Å². The van der Waals surface area contributed by atoms with E-state index in [2.05, 4.69) is 22.4 Å². The Balaban J connectivity index is 2.39. The summed E-state index contributed by atoms with van der Waals surface area (Å²) in [7, 11) is 0. The number of anilines is 1. The summed E-state index contributed by atoms with van der Waals surface area (Å²) in [5, 5.41) is 9.37. The summed E-state index contributed by atoms with van der Waals surface area (Å²) in [6.07, 6.45) is 5.70. The van der Waals surface area contributed by atoms with E-state index in [4.69, 9.17) is 5.73 Å². The number of nitrogens with one attached hydrogen (secondary N) is 2. The topological polar surface area (TPSA) is 83.8 Å². The first-order valence-corrected chi connectivity index (χ1v) is 6.24. The minimum Gasteiger partial charge on any atom is -0.384 e. The predicted octanol–water partition coefficient (Wildman–Crippen LogP) is 1.82. The summed E-state index contributed by atoms with van der Waals surface area (Å²) >= 11 is 0. The van der Waals surface area contributed by atoms with E-state index in [1.54, 1.807) is 6.20 Å². The summed E-state index contributed by atoms with van der Waals surface area (Å²) in [4.78, 5) is 11.9. The van der Waals surface area contributed by atoms with Gasteiger partial charge in [-0.15, -0.1) is 0 Å². The van der Waals surface area contributed by atoms with E-state index < -0.39 is 0 Å². The van der Waals surface area contributed by atoms with Crippen molar-refractivity contribution in [3.8, 4) is 0 Å². The number of amides is 1. The highest BCUT2D eigenvalue weighted by Crippen LogP contribution is 2.13. The van der Waals surface area contributed by atoms with Crippen LogP contribution in [-0.4, -0.2) is 16.1 Å². The number of hydrogen-bond donors (Lipinski definition) is 3. The number of nitrogen functional groups attached to an aromatic ring is 1. The zero-order valence-corrected chi connectivity index (χ0v) is 10.6. The van der Waals surface area contributed by atoms with Gasteiger partial charge in [-0.1, -0.05) is 26.7 Å². The number of carbonyl (C=O) groups excluding carboxylic acids is 1. The van der Waals surface area contributed by atoms with Crippen LogP contribution in [-0.2, 0) is 11.3 Å². The quantitative estimate of drug-likeness (QED) is 0.677. The van der Waals surface area contributed by atoms with Gasteiger partial charge in [-0.2, -0.15) is 5.10 Å². The lowest BCUT2D eigenvalue weighted by Crippen LogP contribution is -2.30. The lowest BCUT2D eigenvalue weighted by molar-refractivity contribution is -0.125. The average Bonchev–Trinajstić information content (AvgIpc) is 2.73. The maximum atomic E-state index is 11.9. The third-order valence-electron chi connectivity index (χ3n) is 2.97. The molecule has 0 aliphatic heterocycles. The monoisotopic (exact) mass is 238 g/mol. The van der Waals surface area contributed by atoms with Gasteiger partial charge in [0.1, 0.15) is 5.82 Å². The summed E-state index contributed by atoms with van der Waals surface area (Å²) in [5.74, 6) is 0.747. The molecule has 0 aliphatic rings. The molecular weight excluding hydrogens is 216 g/mol. The van der Waals surface area contributed by atoms with Crippen molar-refractivity contribution in [3.05, 3.63) is 11.8 Å². The molecule has 0 saturated carbocycles. The molecule has 1 aromatic heterocycles. The lowest BCUT2D eigenvalue weighted by Gasteiger charge is -2.14. The number of nitrogens with two attached hydrogens (primary N) is 1. The first-order chi connectivity index (χ1) is 8.19. The van der Waals surface area contributed by atoms with Gasteiger partial charge in [0.05, 0.1) is 6.20 Å². The Morgan fingerprint density at radius 3 is 2.88 bits per heavy atom. The Morgan fingerprint density at radius 2 is 2.35 bits per heavy atom. The first kappa shape index (κ1) is 13.5. The van der Waals surface area contributed by atoms with Gasteiger partial charge < -0.3 is 11.1 Å². The van der Waals surface area contributed by atoms with Crippen LogP contribution < -0.4 is 11.1 Å². The molecule has 96 valence electrons. The summed E-state index contributed by atoms with van der Waals surface area (Å²) < 4.78 is 0. The molecule has 1 aromatic rings. The number of rotatable bonds is 7. The van der Waals surface area contributed by atoms with Crippen LogP contribution in [0.4, 0.5) is 5.82 Å². The molecule has 1 rings (SSSR count). The van der Waals surface area contributed by atoms with Gasteiger partial charge in [-0.25, -0.2) is 0 Å². The van der Waals surface area contributed by atoms with Crippen molar-refractivity contribution in [2.75, 3.05) is 5.73 Å². The Morgan fingerprint density at radius 1 is 1.59 bits per heavy atom. The van der Waals surface area contributed by atoms with Gasteiger partial charge in [-0.05, 0) is 12.8 Å². The molecule has 0 aliphatic carbocycles. The standard InChI is InChI=1S/C12H22N4O/c1-3-5-6-9(4-2)12(17)14-7-10-8-15-16-11(10)13/h8-9H,3-7H2,1-2H3,(H,14,17)(H3,13,15,16). The Labute approximate surface area is 102 Å². The maximum absolute atomic E-state index is 11.9. The number of hydrogen-bond acceptors (Lipinski definition) is 3. The van der Waals surface area contributed by atoms with Crippen molar-refractivity contribution in [3.63, 3.8) is 0 Å². The van der Waals surface area contributed by atoms with Crippen LogP contribution in [0.25, 0.3) is 0 Å². The fourth-order valence-electron chi connectivity index (χ4n) is 1.76. The number of H-pyrrole nitrogens is 1. The third kappa shape index (κ3) is 4.09. The second kappa shape index (κ2) is 6.93. The highest BCUT2D eigenvalue weighted by Gasteiger charge is 2.15. The van der Waals surface area contributed by atoms with Crippen molar-refractivity contribution >= 4 is 11.7 Å². The van der Waals surface area contributed by atoms with E-state index in [-0.39, 0.29) is 11.8 Å². The van der Waals surface area contributed by atoms with E-state index in [1.165, 1.54) is 0 Å². The van der Waals surface area contributed by atoms with E-state index in [1.807, 2.05) is 6.92 Å². The molecule has 1 atom stereocenters. The molecule has 0 bridgehead atoms. The second-order valence-corrected chi connectivity index (χ2v) is 4.27. The molecule has 1 amide bonds. The van der Waals surface area contributed by atoms with Crippen molar-refractivity contribution < 1.29 is 4.79 Å². The van der Waals surface area contributed by atoms with Crippen molar-refractivity contribution in [1.29, 1.82) is 0 Å². The molecule has 1 heterocycles. The van der Waals surface area contributed by atoms with Crippen LogP contribution in [0.3, 0.4) is 0 Å². The average molecular weight is 238 g/mol. The Hall–Kier alpha value is -1.52. The fourth-order valence-corrected chi connectivity index (χ4v) is 1.76. The smallest absolute Gasteiger partial charge is 0.223 e. The maximum Gasteiger partial charge on any atom is 0.223 e. The molecule has 0 radical (unpaired) electrons. The van der Waals surface area contributed by atoms with E-state index >= 15 is 0 Å². The Bertz CT molecular complexity index is 348. The number of aromatic nitrogens is 2. The largest absolute Gasteiger partial charge is 0.384 e. The van der Waals surface area contributed by atoms with Crippen molar-refractivity contribution in [2.45, 2.75) is 46.1 Å². The fraction of sp³-hybridized carbons (Fsp3) is 0.667.